The van der Waals surface area contributed by atoms with E-state index >= 15 is 0 Å². The number of benzene rings is 1. The van der Waals surface area contributed by atoms with Gasteiger partial charge in [-0.1, -0.05) is 18.6 Å². The van der Waals surface area contributed by atoms with Crippen molar-refractivity contribution in [3.8, 4) is 11.3 Å². The summed E-state index contributed by atoms with van der Waals surface area (Å²) in [5.74, 6) is -1.07. The number of nitrogens with two attached hydrogens (primary N) is 1. The van der Waals surface area contributed by atoms with Gasteiger partial charge in [-0.15, -0.1) is 11.3 Å². The van der Waals surface area contributed by atoms with Crippen molar-refractivity contribution in [2.24, 2.45) is 5.73 Å². The molecule has 0 unspecified atom stereocenters. The van der Waals surface area contributed by atoms with Crippen LogP contribution in [0.25, 0.3) is 11.3 Å². The molecule has 6 nitrogen and oxygen atoms in total. The van der Waals surface area contributed by atoms with Crippen LogP contribution < -0.4 is 11.1 Å². The zero-order chi connectivity index (χ0) is 19.0. The smallest absolute Gasteiger partial charge is 0.265 e. The lowest BCUT2D eigenvalue weighted by atomic mass is 9.64. The van der Waals surface area contributed by atoms with Crippen LogP contribution in [0.5, 0.6) is 0 Å². The average Bonchev–Trinajstić information content (AvgIpc) is 3.23. The Labute approximate surface area is 158 Å². The molecule has 138 valence electrons. The lowest BCUT2D eigenvalue weighted by molar-refractivity contribution is -0.124. The van der Waals surface area contributed by atoms with E-state index < -0.39 is 11.3 Å². The maximum Gasteiger partial charge on any atom is 0.265 e. The van der Waals surface area contributed by atoms with Crippen LogP contribution in [0.1, 0.15) is 35.3 Å². The number of anilines is 1. The molecular weight excluding hydrogens is 367 g/mol. The number of rotatable bonds is 5. The number of nitrogens with one attached hydrogen (secondary N) is 2. The number of primary amides is 1. The zero-order valence-corrected chi connectivity index (χ0v) is 15.1. The predicted molar refractivity (Wildman–Crippen MR) is 101 cm³/mol. The van der Waals surface area contributed by atoms with Crippen LogP contribution in [0.3, 0.4) is 0 Å². The fourth-order valence-electron chi connectivity index (χ4n) is 3.33. The molecule has 0 bridgehead atoms. The van der Waals surface area contributed by atoms with Gasteiger partial charge in [0.25, 0.3) is 5.91 Å². The third-order valence-corrected chi connectivity index (χ3v) is 5.75. The molecule has 1 saturated carbocycles. The van der Waals surface area contributed by atoms with Gasteiger partial charge in [-0.05, 0) is 36.6 Å². The van der Waals surface area contributed by atoms with Crippen LogP contribution in [0.15, 0.2) is 41.9 Å². The topological polar surface area (TPSA) is 101 Å². The molecule has 2 aromatic heterocycles. The summed E-state index contributed by atoms with van der Waals surface area (Å²) in [7, 11) is 0. The van der Waals surface area contributed by atoms with E-state index in [0.717, 1.165) is 6.42 Å². The van der Waals surface area contributed by atoms with E-state index in [1.807, 2.05) is 0 Å². The van der Waals surface area contributed by atoms with E-state index in [-0.39, 0.29) is 11.7 Å². The van der Waals surface area contributed by atoms with E-state index in [2.05, 4.69) is 15.3 Å². The molecule has 2 heterocycles. The van der Waals surface area contributed by atoms with Crippen LogP contribution in [-0.4, -0.2) is 21.8 Å². The van der Waals surface area contributed by atoms with Gasteiger partial charge in [-0.3, -0.25) is 9.59 Å². The standard InChI is InChI=1S/C19H17FN4O2S/c20-13-4-1-3-12(8-13)19(5-2-6-19)17(26)24-18-23-15(10-27-18)11-7-14(16(21)25)22-9-11/h1,3-4,7-10,22H,2,5-6H2,(H2,21,25)(H,23,24,26). The molecule has 8 heteroatoms. The summed E-state index contributed by atoms with van der Waals surface area (Å²) in [6.07, 6.45) is 3.92. The van der Waals surface area contributed by atoms with Crippen LogP contribution in [0, 0.1) is 5.82 Å². The largest absolute Gasteiger partial charge is 0.364 e. The fourth-order valence-corrected chi connectivity index (χ4v) is 4.04. The number of halogens is 1. The lowest BCUT2D eigenvalue weighted by Crippen LogP contribution is -2.46. The van der Waals surface area contributed by atoms with E-state index in [1.165, 1.54) is 23.5 Å². The van der Waals surface area contributed by atoms with E-state index in [1.54, 1.807) is 29.8 Å². The molecule has 0 atom stereocenters. The van der Waals surface area contributed by atoms with Gasteiger partial charge in [0, 0.05) is 17.1 Å². The van der Waals surface area contributed by atoms with Gasteiger partial charge in [-0.2, -0.15) is 0 Å². The molecule has 1 aliphatic rings. The van der Waals surface area contributed by atoms with E-state index in [4.69, 9.17) is 5.73 Å². The maximum absolute atomic E-state index is 13.6. The summed E-state index contributed by atoms with van der Waals surface area (Å²) in [5.41, 5.74) is 6.87. The number of thiazole rings is 1. The Morgan fingerprint density at radius 3 is 2.74 bits per heavy atom. The first-order chi connectivity index (χ1) is 13.0. The number of carbonyl (C=O) groups is 2. The Morgan fingerprint density at radius 2 is 2.11 bits per heavy atom. The fraction of sp³-hybridized carbons (Fsp3) is 0.211. The average molecular weight is 384 g/mol. The highest BCUT2D eigenvalue weighted by molar-refractivity contribution is 7.14. The molecule has 4 rings (SSSR count). The monoisotopic (exact) mass is 384 g/mol. The van der Waals surface area contributed by atoms with Crippen molar-refractivity contribution in [3.05, 3.63) is 59.0 Å². The Kier molecular flexibility index (Phi) is 4.27. The number of aromatic nitrogens is 2. The van der Waals surface area contributed by atoms with Gasteiger partial charge in [0.15, 0.2) is 5.13 Å². The molecule has 27 heavy (non-hydrogen) atoms. The van der Waals surface area contributed by atoms with Crippen molar-refractivity contribution in [2.75, 3.05) is 5.32 Å². The summed E-state index contributed by atoms with van der Waals surface area (Å²) in [6, 6.07) is 7.83. The summed E-state index contributed by atoms with van der Waals surface area (Å²) in [6.45, 7) is 0. The molecule has 1 fully saturated rings. The van der Waals surface area contributed by atoms with Crippen molar-refractivity contribution in [1.29, 1.82) is 0 Å². The summed E-state index contributed by atoms with van der Waals surface area (Å²) >= 11 is 1.29. The first-order valence-corrected chi connectivity index (χ1v) is 9.37. The minimum Gasteiger partial charge on any atom is -0.364 e. The van der Waals surface area contributed by atoms with Gasteiger partial charge in [0.05, 0.1) is 11.1 Å². The Hall–Kier alpha value is -3.00. The number of hydrogen-bond acceptors (Lipinski definition) is 4. The first-order valence-electron chi connectivity index (χ1n) is 8.49. The van der Waals surface area contributed by atoms with Gasteiger partial charge in [0.2, 0.25) is 5.91 Å². The molecule has 0 aliphatic heterocycles. The van der Waals surface area contributed by atoms with Crippen LogP contribution >= 0.6 is 11.3 Å². The normalized spacial score (nSPS) is 15.1. The zero-order valence-electron chi connectivity index (χ0n) is 14.3. The molecule has 1 aromatic carbocycles. The van der Waals surface area contributed by atoms with Crippen LogP contribution in [-0.2, 0) is 10.2 Å². The minimum atomic E-state index is -0.707. The van der Waals surface area contributed by atoms with Gasteiger partial charge in [0.1, 0.15) is 11.5 Å². The Bertz CT molecular complexity index is 1020. The van der Waals surface area contributed by atoms with Gasteiger partial charge in [-0.25, -0.2) is 9.37 Å². The number of hydrogen-bond donors (Lipinski definition) is 3. The van der Waals surface area contributed by atoms with Crippen molar-refractivity contribution >= 4 is 28.3 Å². The second-order valence-corrected chi connectivity index (χ2v) is 7.46. The molecule has 4 N–H and O–H groups in total. The van der Waals surface area contributed by atoms with Crippen molar-refractivity contribution < 1.29 is 14.0 Å². The van der Waals surface area contributed by atoms with Crippen LogP contribution in [0.2, 0.25) is 0 Å². The Morgan fingerprint density at radius 1 is 1.30 bits per heavy atom. The second-order valence-electron chi connectivity index (χ2n) is 6.60. The Balaban J connectivity index is 1.54. The van der Waals surface area contributed by atoms with Crippen LogP contribution in [0.4, 0.5) is 9.52 Å². The van der Waals surface area contributed by atoms with Crippen molar-refractivity contribution in [2.45, 2.75) is 24.7 Å². The third-order valence-electron chi connectivity index (χ3n) is 4.99. The number of aromatic amines is 1. The van der Waals surface area contributed by atoms with Gasteiger partial charge >= 0.3 is 0 Å². The SMILES string of the molecule is NC(=O)c1cc(-c2csc(NC(=O)C3(c4cccc(F)c4)CCC3)n2)c[nH]1. The second kappa shape index (κ2) is 6.62. The highest BCUT2D eigenvalue weighted by Gasteiger charge is 2.46. The molecule has 3 aromatic rings. The summed E-state index contributed by atoms with van der Waals surface area (Å²) in [4.78, 5) is 31.3. The number of nitrogens with zero attached hydrogens (tertiary/aromatic N) is 1. The van der Waals surface area contributed by atoms with E-state index in [0.29, 0.717) is 40.5 Å². The molecule has 0 saturated heterocycles. The molecule has 1 aliphatic carbocycles. The molecule has 2 amide bonds. The lowest BCUT2D eigenvalue weighted by Gasteiger charge is -2.40. The maximum atomic E-state index is 13.6. The van der Waals surface area contributed by atoms with E-state index in [9.17, 15) is 14.0 Å². The quantitative estimate of drug-likeness (QED) is 0.628. The molecular formula is C19H17FN4O2S. The summed E-state index contributed by atoms with van der Waals surface area (Å²) in [5, 5.41) is 5.12. The highest BCUT2D eigenvalue weighted by Crippen LogP contribution is 2.45. The number of amides is 2. The molecule has 0 spiro atoms. The number of carbonyl (C=O) groups excluding carboxylic acids is 2. The summed E-state index contributed by atoms with van der Waals surface area (Å²) < 4.78 is 13.6. The predicted octanol–water partition coefficient (Wildman–Crippen LogP) is 3.44. The van der Waals surface area contributed by atoms with Gasteiger partial charge < -0.3 is 16.0 Å². The molecule has 0 radical (unpaired) electrons. The first kappa shape index (κ1) is 17.4. The van der Waals surface area contributed by atoms with Crippen molar-refractivity contribution in [1.82, 2.24) is 9.97 Å². The minimum absolute atomic E-state index is 0.174. The van der Waals surface area contributed by atoms with Crippen molar-refractivity contribution in [3.63, 3.8) is 0 Å². The third kappa shape index (κ3) is 3.12. The number of H-pyrrole nitrogens is 1. The highest BCUT2D eigenvalue weighted by atomic mass is 32.1.